The van der Waals surface area contributed by atoms with E-state index in [0.717, 1.165) is 12.8 Å². The van der Waals surface area contributed by atoms with Crippen LogP contribution in [0.15, 0.2) is 0 Å². The normalized spacial score (nSPS) is 18.4. The summed E-state index contributed by atoms with van der Waals surface area (Å²) in [4.78, 5) is 36.9. The molecule has 1 atom stereocenters. The first-order valence-corrected chi connectivity index (χ1v) is 7.27. The van der Waals surface area contributed by atoms with Gasteiger partial charge in [-0.15, -0.1) is 11.8 Å². The standard InChI is InChI=1S/C11H19N3O4S/c1-2-3-4-13(5-9(12)15)11(18)14-7-19-6-8(14)10(16)17/h8H,2-7H2,1H3,(H2,12,15)(H,16,17)/t8-/m0/s1. The molecule has 7 nitrogen and oxygen atoms in total. The Morgan fingerprint density at radius 3 is 2.68 bits per heavy atom. The Balaban J connectivity index is 2.73. The highest BCUT2D eigenvalue weighted by Crippen LogP contribution is 2.22. The highest BCUT2D eigenvalue weighted by Gasteiger charge is 2.36. The lowest BCUT2D eigenvalue weighted by atomic mass is 10.3. The van der Waals surface area contributed by atoms with Gasteiger partial charge in [0, 0.05) is 12.3 Å². The number of nitrogens with zero attached hydrogens (tertiary/aromatic N) is 2. The second-order valence-electron chi connectivity index (χ2n) is 4.35. The van der Waals surface area contributed by atoms with Crippen LogP contribution in [0.5, 0.6) is 0 Å². The van der Waals surface area contributed by atoms with Crippen LogP contribution in [0.25, 0.3) is 0 Å². The van der Waals surface area contributed by atoms with Crippen molar-refractivity contribution in [2.45, 2.75) is 25.8 Å². The molecule has 0 saturated carbocycles. The van der Waals surface area contributed by atoms with Gasteiger partial charge in [0.25, 0.3) is 0 Å². The maximum Gasteiger partial charge on any atom is 0.327 e. The summed E-state index contributed by atoms with van der Waals surface area (Å²) in [6, 6.07) is -1.25. The molecule has 0 aliphatic carbocycles. The van der Waals surface area contributed by atoms with Gasteiger partial charge in [-0.25, -0.2) is 9.59 Å². The molecule has 1 aliphatic rings. The number of primary amides is 1. The lowest BCUT2D eigenvalue weighted by molar-refractivity contribution is -0.140. The summed E-state index contributed by atoms with van der Waals surface area (Å²) in [6.45, 7) is 2.21. The summed E-state index contributed by atoms with van der Waals surface area (Å²) < 4.78 is 0. The largest absolute Gasteiger partial charge is 0.480 e. The van der Waals surface area contributed by atoms with E-state index in [-0.39, 0.29) is 6.54 Å². The van der Waals surface area contributed by atoms with Gasteiger partial charge in [-0.3, -0.25) is 4.79 Å². The minimum atomic E-state index is -1.02. The molecule has 0 bridgehead atoms. The quantitative estimate of drug-likeness (QED) is 0.724. The number of carboxylic acid groups (broad SMARTS) is 1. The Hall–Kier alpha value is -1.44. The number of carbonyl (C=O) groups is 3. The molecule has 1 aliphatic heterocycles. The Bertz CT molecular complexity index is 364. The molecule has 3 N–H and O–H groups in total. The van der Waals surface area contributed by atoms with E-state index >= 15 is 0 Å². The summed E-state index contributed by atoms with van der Waals surface area (Å²) in [7, 11) is 0. The first kappa shape index (κ1) is 15.6. The predicted octanol–water partition coefficient (Wildman–Crippen LogP) is 0.153. The van der Waals surface area contributed by atoms with Gasteiger partial charge in [0.15, 0.2) is 0 Å². The van der Waals surface area contributed by atoms with Gasteiger partial charge in [0.2, 0.25) is 5.91 Å². The van der Waals surface area contributed by atoms with Crippen molar-refractivity contribution in [3.8, 4) is 0 Å². The molecule has 19 heavy (non-hydrogen) atoms. The van der Waals surface area contributed by atoms with E-state index in [1.165, 1.54) is 21.6 Å². The van der Waals surface area contributed by atoms with Crippen LogP contribution >= 0.6 is 11.8 Å². The van der Waals surface area contributed by atoms with Crippen molar-refractivity contribution >= 4 is 29.7 Å². The number of unbranched alkanes of at least 4 members (excludes halogenated alkanes) is 1. The van der Waals surface area contributed by atoms with Crippen molar-refractivity contribution in [3.05, 3.63) is 0 Å². The Labute approximate surface area is 116 Å². The maximum atomic E-state index is 12.3. The minimum Gasteiger partial charge on any atom is -0.480 e. The molecule has 0 aromatic rings. The van der Waals surface area contributed by atoms with Crippen LogP contribution in [-0.4, -0.2) is 63.6 Å². The first-order valence-electron chi connectivity index (χ1n) is 6.11. The number of amides is 3. The van der Waals surface area contributed by atoms with Gasteiger partial charge in [0.05, 0.1) is 5.88 Å². The average molecular weight is 289 g/mol. The zero-order valence-electron chi connectivity index (χ0n) is 10.9. The molecule has 0 aromatic heterocycles. The van der Waals surface area contributed by atoms with E-state index in [1.807, 2.05) is 6.92 Å². The van der Waals surface area contributed by atoms with Crippen LogP contribution in [0.4, 0.5) is 4.79 Å². The van der Waals surface area contributed by atoms with Crippen molar-refractivity contribution in [3.63, 3.8) is 0 Å². The monoisotopic (exact) mass is 289 g/mol. The minimum absolute atomic E-state index is 0.174. The highest BCUT2D eigenvalue weighted by atomic mass is 32.2. The number of hydrogen-bond donors (Lipinski definition) is 2. The SMILES string of the molecule is CCCCN(CC(N)=O)C(=O)N1CSC[C@H]1C(=O)O. The zero-order valence-corrected chi connectivity index (χ0v) is 11.7. The van der Waals surface area contributed by atoms with E-state index in [4.69, 9.17) is 10.8 Å². The van der Waals surface area contributed by atoms with Crippen LogP contribution in [0.3, 0.4) is 0 Å². The third kappa shape index (κ3) is 4.30. The molecule has 1 saturated heterocycles. The highest BCUT2D eigenvalue weighted by molar-refractivity contribution is 7.99. The topological polar surface area (TPSA) is 104 Å². The van der Waals surface area contributed by atoms with Crippen LogP contribution in [-0.2, 0) is 9.59 Å². The number of hydrogen-bond acceptors (Lipinski definition) is 4. The summed E-state index contributed by atoms with van der Waals surface area (Å²) in [5.74, 6) is -0.910. The molecule has 108 valence electrons. The molecule has 8 heteroatoms. The summed E-state index contributed by atoms with van der Waals surface area (Å²) in [5.41, 5.74) is 5.12. The van der Waals surface area contributed by atoms with E-state index in [0.29, 0.717) is 18.2 Å². The molecule has 0 radical (unpaired) electrons. The Morgan fingerprint density at radius 1 is 1.47 bits per heavy atom. The van der Waals surface area contributed by atoms with Gasteiger partial charge in [-0.05, 0) is 6.42 Å². The predicted molar refractivity (Wildman–Crippen MR) is 71.7 cm³/mol. The van der Waals surface area contributed by atoms with Gasteiger partial charge < -0.3 is 20.6 Å². The summed E-state index contributed by atoms with van der Waals surface area (Å²) >= 11 is 1.39. The van der Waals surface area contributed by atoms with E-state index < -0.39 is 23.9 Å². The van der Waals surface area contributed by atoms with Crippen LogP contribution in [0, 0.1) is 0 Å². The molecule has 0 unspecified atom stereocenters. The van der Waals surface area contributed by atoms with Gasteiger partial charge >= 0.3 is 12.0 Å². The van der Waals surface area contributed by atoms with Crippen molar-refractivity contribution in [1.82, 2.24) is 9.80 Å². The molecule has 1 heterocycles. The number of carboxylic acids is 1. The fourth-order valence-corrected chi connectivity index (χ4v) is 2.94. The molecular formula is C11H19N3O4S. The van der Waals surface area contributed by atoms with Gasteiger partial charge in [0.1, 0.15) is 12.6 Å². The first-order chi connectivity index (χ1) is 8.97. The molecule has 0 aromatic carbocycles. The number of carbonyl (C=O) groups excluding carboxylic acids is 2. The lowest BCUT2D eigenvalue weighted by Crippen LogP contribution is -2.51. The van der Waals surface area contributed by atoms with Gasteiger partial charge in [-0.2, -0.15) is 0 Å². The molecule has 1 rings (SSSR count). The molecule has 1 fully saturated rings. The second kappa shape index (κ2) is 7.22. The Kier molecular flexibility index (Phi) is 5.94. The second-order valence-corrected chi connectivity index (χ2v) is 5.35. The van der Waals surface area contributed by atoms with Crippen LogP contribution in [0.2, 0.25) is 0 Å². The zero-order chi connectivity index (χ0) is 14.4. The summed E-state index contributed by atoms with van der Waals surface area (Å²) in [5, 5.41) is 9.05. The fraction of sp³-hybridized carbons (Fsp3) is 0.727. The number of aliphatic carboxylic acids is 1. The number of thioether (sulfide) groups is 1. The molecular weight excluding hydrogens is 270 g/mol. The van der Waals surface area contributed by atoms with E-state index in [1.54, 1.807) is 0 Å². The number of nitrogens with two attached hydrogens (primary N) is 1. The third-order valence-electron chi connectivity index (χ3n) is 2.81. The van der Waals surface area contributed by atoms with Crippen LogP contribution in [0.1, 0.15) is 19.8 Å². The number of rotatable bonds is 6. The maximum absolute atomic E-state index is 12.3. The van der Waals surface area contributed by atoms with Crippen LogP contribution < -0.4 is 5.73 Å². The van der Waals surface area contributed by atoms with Crippen molar-refractivity contribution in [2.75, 3.05) is 24.7 Å². The van der Waals surface area contributed by atoms with E-state index in [9.17, 15) is 14.4 Å². The number of urea groups is 1. The summed E-state index contributed by atoms with van der Waals surface area (Å²) in [6.07, 6.45) is 1.62. The molecule has 0 spiro atoms. The lowest BCUT2D eigenvalue weighted by Gasteiger charge is -2.29. The van der Waals surface area contributed by atoms with E-state index in [2.05, 4.69) is 0 Å². The van der Waals surface area contributed by atoms with Crippen molar-refractivity contribution < 1.29 is 19.5 Å². The molecule has 3 amide bonds. The Morgan fingerprint density at radius 2 is 2.16 bits per heavy atom. The van der Waals surface area contributed by atoms with Gasteiger partial charge in [-0.1, -0.05) is 13.3 Å². The van der Waals surface area contributed by atoms with Crippen molar-refractivity contribution in [1.29, 1.82) is 0 Å². The average Bonchev–Trinajstić information content (AvgIpc) is 2.82. The van der Waals surface area contributed by atoms with Crippen molar-refractivity contribution in [2.24, 2.45) is 5.73 Å². The third-order valence-corrected chi connectivity index (χ3v) is 3.82. The fourth-order valence-electron chi connectivity index (χ4n) is 1.80. The smallest absolute Gasteiger partial charge is 0.327 e.